The van der Waals surface area contributed by atoms with Gasteiger partial charge < -0.3 is 10.2 Å². The SMILES string of the molecule is CC[C@H](C)NC(=O)[C@H](CC)N(Cc1ccc(Cl)cc1)C(=O)CSc1ccccc1. The van der Waals surface area contributed by atoms with Crippen LogP contribution >= 0.6 is 23.4 Å². The van der Waals surface area contributed by atoms with Crippen molar-refractivity contribution in [3.8, 4) is 0 Å². The molecule has 0 aliphatic heterocycles. The minimum atomic E-state index is -0.511. The van der Waals surface area contributed by atoms with Crippen LogP contribution in [0.25, 0.3) is 0 Å². The van der Waals surface area contributed by atoms with Gasteiger partial charge in [0.2, 0.25) is 11.8 Å². The summed E-state index contributed by atoms with van der Waals surface area (Å²) in [5.41, 5.74) is 0.947. The molecule has 2 rings (SSSR count). The summed E-state index contributed by atoms with van der Waals surface area (Å²) in [6.45, 7) is 6.31. The minimum absolute atomic E-state index is 0.0556. The summed E-state index contributed by atoms with van der Waals surface area (Å²) in [5.74, 6) is 0.124. The van der Waals surface area contributed by atoms with Crippen molar-refractivity contribution in [3.63, 3.8) is 0 Å². The van der Waals surface area contributed by atoms with Crippen molar-refractivity contribution in [2.45, 2.75) is 57.1 Å². The molecule has 0 fully saturated rings. The van der Waals surface area contributed by atoms with Crippen LogP contribution in [0, 0.1) is 0 Å². The second kappa shape index (κ2) is 11.9. The first-order chi connectivity index (χ1) is 13.9. The molecule has 0 bridgehead atoms. The first-order valence-electron chi connectivity index (χ1n) is 9.96. The van der Waals surface area contributed by atoms with Gasteiger partial charge in [-0.15, -0.1) is 11.8 Å². The maximum absolute atomic E-state index is 13.1. The fourth-order valence-corrected chi connectivity index (χ4v) is 3.82. The molecule has 0 radical (unpaired) electrons. The van der Waals surface area contributed by atoms with Gasteiger partial charge in [-0.25, -0.2) is 0 Å². The number of benzene rings is 2. The van der Waals surface area contributed by atoms with Crippen LogP contribution in [0.3, 0.4) is 0 Å². The van der Waals surface area contributed by atoms with Gasteiger partial charge in [-0.3, -0.25) is 9.59 Å². The molecule has 0 aromatic heterocycles. The Balaban J connectivity index is 2.19. The second-order valence-corrected chi connectivity index (χ2v) is 8.48. The summed E-state index contributed by atoms with van der Waals surface area (Å²) in [4.78, 5) is 28.7. The topological polar surface area (TPSA) is 49.4 Å². The standard InChI is InChI=1S/C23H29ClN2O2S/c1-4-17(3)25-23(28)21(5-2)26(15-18-11-13-19(24)14-12-18)22(27)16-29-20-9-7-6-8-10-20/h6-14,17,21H,4-5,15-16H2,1-3H3,(H,25,28)/t17-,21-/m0/s1. The summed E-state index contributed by atoms with van der Waals surface area (Å²) in [5, 5.41) is 3.67. The van der Waals surface area contributed by atoms with Crippen molar-refractivity contribution in [2.75, 3.05) is 5.75 Å². The average Bonchev–Trinajstić information content (AvgIpc) is 2.73. The normalized spacial score (nSPS) is 12.8. The maximum atomic E-state index is 13.1. The van der Waals surface area contributed by atoms with Crippen LogP contribution in [0.4, 0.5) is 0 Å². The van der Waals surface area contributed by atoms with Crippen LogP contribution in [0.15, 0.2) is 59.5 Å². The zero-order valence-electron chi connectivity index (χ0n) is 17.2. The molecule has 2 aromatic carbocycles. The van der Waals surface area contributed by atoms with E-state index in [4.69, 9.17) is 11.6 Å². The predicted molar refractivity (Wildman–Crippen MR) is 121 cm³/mol. The molecule has 0 aliphatic rings. The Labute approximate surface area is 183 Å². The largest absolute Gasteiger partial charge is 0.352 e. The van der Waals surface area contributed by atoms with Crippen LogP contribution in [0.2, 0.25) is 5.02 Å². The van der Waals surface area contributed by atoms with Gasteiger partial charge in [0, 0.05) is 22.5 Å². The fourth-order valence-electron chi connectivity index (χ4n) is 2.89. The molecule has 156 valence electrons. The van der Waals surface area contributed by atoms with Crippen molar-refractivity contribution in [1.82, 2.24) is 10.2 Å². The Morgan fingerprint density at radius 1 is 1.03 bits per heavy atom. The van der Waals surface area contributed by atoms with Gasteiger partial charge in [0.1, 0.15) is 6.04 Å². The van der Waals surface area contributed by atoms with Gasteiger partial charge in [-0.2, -0.15) is 0 Å². The van der Waals surface area contributed by atoms with Gasteiger partial charge in [0.25, 0.3) is 0 Å². The van der Waals surface area contributed by atoms with Crippen LogP contribution in [-0.2, 0) is 16.1 Å². The van der Waals surface area contributed by atoms with Gasteiger partial charge in [-0.1, -0.05) is 55.8 Å². The van der Waals surface area contributed by atoms with E-state index < -0.39 is 6.04 Å². The first kappa shape index (κ1) is 23.3. The lowest BCUT2D eigenvalue weighted by molar-refractivity contribution is -0.139. The Morgan fingerprint density at radius 2 is 1.69 bits per heavy atom. The molecule has 1 N–H and O–H groups in total. The zero-order chi connectivity index (χ0) is 21.2. The lowest BCUT2D eigenvalue weighted by Crippen LogP contribution is -2.51. The Kier molecular flexibility index (Phi) is 9.55. The molecule has 2 aromatic rings. The number of nitrogens with zero attached hydrogens (tertiary/aromatic N) is 1. The van der Waals surface area contributed by atoms with Gasteiger partial charge in [-0.05, 0) is 49.6 Å². The fraction of sp³-hybridized carbons (Fsp3) is 0.391. The molecule has 0 aliphatic carbocycles. The van der Waals surface area contributed by atoms with Gasteiger partial charge in [0.05, 0.1) is 5.75 Å². The van der Waals surface area contributed by atoms with E-state index in [9.17, 15) is 9.59 Å². The number of hydrogen-bond acceptors (Lipinski definition) is 3. The smallest absolute Gasteiger partial charge is 0.243 e. The number of carbonyl (C=O) groups is 2. The van der Waals surface area contributed by atoms with E-state index in [-0.39, 0.29) is 23.6 Å². The summed E-state index contributed by atoms with van der Waals surface area (Å²) >= 11 is 7.48. The third-order valence-corrected chi connectivity index (χ3v) is 6.01. The summed E-state index contributed by atoms with van der Waals surface area (Å²) in [7, 11) is 0. The number of amides is 2. The predicted octanol–water partition coefficient (Wildman–Crippen LogP) is 5.15. The van der Waals surface area contributed by atoms with Crippen molar-refractivity contribution in [2.24, 2.45) is 0 Å². The lowest BCUT2D eigenvalue weighted by Gasteiger charge is -2.31. The first-order valence-corrected chi connectivity index (χ1v) is 11.3. The van der Waals surface area contributed by atoms with E-state index in [0.29, 0.717) is 18.0 Å². The van der Waals surface area contributed by atoms with E-state index >= 15 is 0 Å². The molecular weight excluding hydrogens is 404 g/mol. The van der Waals surface area contributed by atoms with E-state index in [0.717, 1.165) is 16.9 Å². The Bertz CT molecular complexity index is 783. The minimum Gasteiger partial charge on any atom is -0.352 e. The molecule has 0 heterocycles. The van der Waals surface area contributed by atoms with Gasteiger partial charge >= 0.3 is 0 Å². The molecule has 0 spiro atoms. The molecule has 4 nitrogen and oxygen atoms in total. The molecule has 0 saturated carbocycles. The van der Waals surface area contributed by atoms with Gasteiger partial charge in [0.15, 0.2) is 0 Å². The number of carbonyl (C=O) groups excluding carboxylic acids is 2. The monoisotopic (exact) mass is 432 g/mol. The highest BCUT2D eigenvalue weighted by molar-refractivity contribution is 8.00. The van der Waals surface area contributed by atoms with E-state index in [1.807, 2.05) is 63.2 Å². The number of rotatable bonds is 10. The molecule has 0 saturated heterocycles. The third-order valence-electron chi connectivity index (χ3n) is 4.76. The van der Waals surface area contributed by atoms with Crippen molar-refractivity contribution in [3.05, 3.63) is 65.2 Å². The van der Waals surface area contributed by atoms with E-state index in [2.05, 4.69) is 5.32 Å². The highest BCUT2D eigenvalue weighted by Gasteiger charge is 2.29. The second-order valence-electron chi connectivity index (χ2n) is 6.99. The summed E-state index contributed by atoms with van der Waals surface area (Å²) in [6.07, 6.45) is 1.40. The number of nitrogens with one attached hydrogen (secondary N) is 1. The highest BCUT2D eigenvalue weighted by Crippen LogP contribution is 2.21. The number of thioether (sulfide) groups is 1. The third kappa shape index (κ3) is 7.41. The van der Waals surface area contributed by atoms with E-state index in [1.165, 1.54) is 11.8 Å². The maximum Gasteiger partial charge on any atom is 0.243 e. The Hall–Kier alpha value is -1.98. The average molecular weight is 433 g/mol. The number of hydrogen-bond donors (Lipinski definition) is 1. The van der Waals surface area contributed by atoms with Crippen LogP contribution in [-0.4, -0.2) is 34.6 Å². The molecule has 29 heavy (non-hydrogen) atoms. The molecule has 6 heteroatoms. The summed E-state index contributed by atoms with van der Waals surface area (Å²) < 4.78 is 0. The van der Waals surface area contributed by atoms with Crippen molar-refractivity contribution < 1.29 is 9.59 Å². The molecule has 2 amide bonds. The molecular formula is C23H29ClN2O2S. The molecule has 0 unspecified atom stereocenters. The lowest BCUT2D eigenvalue weighted by atomic mass is 10.1. The summed E-state index contributed by atoms with van der Waals surface area (Å²) in [6, 6.07) is 16.8. The quantitative estimate of drug-likeness (QED) is 0.528. The Morgan fingerprint density at radius 3 is 2.28 bits per heavy atom. The zero-order valence-corrected chi connectivity index (χ0v) is 18.8. The van der Waals surface area contributed by atoms with Crippen LogP contribution in [0.5, 0.6) is 0 Å². The number of halogens is 1. The van der Waals surface area contributed by atoms with Crippen LogP contribution in [0.1, 0.15) is 39.2 Å². The van der Waals surface area contributed by atoms with Crippen LogP contribution < -0.4 is 5.32 Å². The highest BCUT2D eigenvalue weighted by atomic mass is 35.5. The van der Waals surface area contributed by atoms with Crippen molar-refractivity contribution in [1.29, 1.82) is 0 Å². The van der Waals surface area contributed by atoms with E-state index in [1.54, 1.807) is 17.0 Å². The molecule has 2 atom stereocenters. The van der Waals surface area contributed by atoms with Crippen molar-refractivity contribution >= 4 is 35.2 Å².